The van der Waals surface area contributed by atoms with Crippen molar-refractivity contribution in [2.24, 2.45) is 0 Å². The number of nitrogens with zero attached hydrogens (tertiary/aromatic N) is 1. The first-order valence-electron chi connectivity index (χ1n) is 9.38. The lowest BCUT2D eigenvalue weighted by molar-refractivity contribution is -0.131. The Labute approximate surface area is 165 Å². The number of urea groups is 1. The number of aryl methyl sites for hydroxylation is 2. The fourth-order valence-electron chi connectivity index (χ4n) is 3.27. The summed E-state index contributed by atoms with van der Waals surface area (Å²) in [6, 6.07) is 15.0. The van der Waals surface area contributed by atoms with Gasteiger partial charge in [-0.2, -0.15) is 0 Å². The standard InChI is InChI=1S/C22H26N2O4/c1-16-5-4-6-19(15-16)28-14-13-24-20(25)22(2,23-21(24)26)12-11-17-7-9-18(27-3)10-8-17/h4-10,15H,11-14H2,1-3H3,(H,23,26)/t22-/m1/s1. The molecule has 3 amide bonds. The molecule has 1 aliphatic rings. The van der Waals surface area contributed by atoms with Crippen LogP contribution in [0.2, 0.25) is 0 Å². The van der Waals surface area contributed by atoms with Gasteiger partial charge in [0, 0.05) is 0 Å². The van der Waals surface area contributed by atoms with E-state index in [4.69, 9.17) is 9.47 Å². The largest absolute Gasteiger partial charge is 0.497 e. The molecule has 0 radical (unpaired) electrons. The van der Waals surface area contributed by atoms with Crippen molar-refractivity contribution in [1.29, 1.82) is 0 Å². The molecule has 0 spiro atoms. The van der Waals surface area contributed by atoms with Crippen LogP contribution in [-0.2, 0) is 11.2 Å². The molecule has 1 fully saturated rings. The molecule has 0 aromatic heterocycles. The van der Waals surface area contributed by atoms with E-state index in [-0.39, 0.29) is 25.1 Å². The lowest BCUT2D eigenvalue weighted by Crippen LogP contribution is -2.44. The Morgan fingerprint density at radius 1 is 1.07 bits per heavy atom. The molecular weight excluding hydrogens is 356 g/mol. The molecule has 1 saturated heterocycles. The number of carbonyl (C=O) groups excluding carboxylic acids is 2. The minimum Gasteiger partial charge on any atom is -0.497 e. The van der Waals surface area contributed by atoms with Gasteiger partial charge in [0.05, 0.1) is 13.7 Å². The monoisotopic (exact) mass is 382 g/mol. The van der Waals surface area contributed by atoms with E-state index in [0.717, 1.165) is 22.6 Å². The number of benzene rings is 2. The molecule has 1 heterocycles. The number of amides is 3. The minimum absolute atomic E-state index is 0.209. The van der Waals surface area contributed by atoms with E-state index in [1.807, 2.05) is 55.5 Å². The maximum atomic E-state index is 12.8. The molecule has 1 atom stereocenters. The molecule has 6 nitrogen and oxygen atoms in total. The van der Waals surface area contributed by atoms with E-state index in [0.29, 0.717) is 12.8 Å². The van der Waals surface area contributed by atoms with Crippen LogP contribution in [0.1, 0.15) is 24.5 Å². The zero-order valence-corrected chi connectivity index (χ0v) is 16.5. The van der Waals surface area contributed by atoms with Gasteiger partial charge in [-0.3, -0.25) is 9.69 Å². The van der Waals surface area contributed by atoms with Crippen molar-refractivity contribution >= 4 is 11.9 Å². The van der Waals surface area contributed by atoms with Gasteiger partial charge in [0.2, 0.25) is 0 Å². The maximum absolute atomic E-state index is 12.8. The molecule has 3 rings (SSSR count). The molecule has 2 aromatic carbocycles. The average Bonchev–Trinajstić information content (AvgIpc) is 2.90. The Morgan fingerprint density at radius 3 is 2.50 bits per heavy atom. The molecule has 1 N–H and O–H groups in total. The highest BCUT2D eigenvalue weighted by atomic mass is 16.5. The number of nitrogens with one attached hydrogen (secondary N) is 1. The van der Waals surface area contributed by atoms with Gasteiger partial charge in [-0.05, 0) is 62.1 Å². The first kappa shape index (κ1) is 19.7. The maximum Gasteiger partial charge on any atom is 0.325 e. The quantitative estimate of drug-likeness (QED) is 0.711. The van der Waals surface area contributed by atoms with Gasteiger partial charge in [0.15, 0.2) is 0 Å². The Balaban J connectivity index is 1.55. The van der Waals surface area contributed by atoms with E-state index in [1.54, 1.807) is 14.0 Å². The summed E-state index contributed by atoms with van der Waals surface area (Å²) in [6.07, 6.45) is 1.21. The zero-order valence-electron chi connectivity index (χ0n) is 16.5. The van der Waals surface area contributed by atoms with Crippen LogP contribution in [0.15, 0.2) is 48.5 Å². The molecular formula is C22H26N2O4. The van der Waals surface area contributed by atoms with E-state index in [1.165, 1.54) is 4.90 Å². The fourth-order valence-corrected chi connectivity index (χ4v) is 3.27. The number of methoxy groups -OCH3 is 1. The van der Waals surface area contributed by atoms with Gasteiger partial charge in [0.25, 0.3) is 5.91 Å². The summed E-state index contributed by atoms with van der Waals surface area (Å²) in [6.45, 7) is 4.24. The Hall–Kier alpha value is -3.02. The lowest BCUT2D eigenvalue weighted by Gasteiger charge is -2.21. The topological polar surface area (TPSA) is 67.9 Å². The SMILES string of the molecule is COc1ccc(CC[C@@]2(C)NC(=O)N(CCOc3cccc(C)c3)C2=O)cc1. The van der Waals surface area contributed by atoms with Crippen molar-refractivity contribution in [1.82, 2.24) is 10.2 Å². The van der Waals surface area contributed by atoms with Crippen LogP contribution in [0.5, 0.6) is 11.5 Å². The zero-order chi connectivity index (χ0) is 20.1. The summed E-state index contributed by atoms with van der Waals surface area (Å²) in [5, 5.41) is 2.84. The third kappa shape index (κ3) is 4.44. The highest BCUT2D eigenvalue weighted by Crippen LogP contribution is 2.24. The predicted octanol–water partition coefficient (Wildman–Crippen LogP) is 3.33. The molecule has 28 heavy (non-hydrogen) atoms. The number of rotatable bonds is 8. The molecule has 0 bridgehead atoms. The highest BCUT2D eigenvalue weighted by molar-refractivity contribution is 6.06. The molecule has 0 unspecified atom stereocenters. The van der Waals surface area contributed by atoms with Crippen LogP contribution >= 0.6 is 0 Å². The first-order valence-corrected chi connectivity index (χ1v) is 9.38. The number of ether oxygens (including phenoxy) is 2. The lowest BCUT2D eigenvalue weighted by atomic mass is 9.93. The second-order valence-corrected chi connectivity index (χ2v) is 7.23. The summed E-state index contributed by atoms with van der Waals surface area (Å²) >= 11 is 0. The Bertz CT molecular complexity index is 850. The van der Waals surface area contributed by atoms with Crippen molar-refractivity contribution in [2.45, 2.75) is 32.2 Å². The summed E-state index contributed by atoms with van der Waals surface area (Å²) < 4.78 is 10.8. The van der Waals surface area contributed by atoms with Crippen molar-refractivity contribution in [3.05, 3.63) is 59.7 Å². The molecule has 6 heteroatoms. The number of hydrogen-bond donors (Lipinski definition) is 1. The third-order valence-corrected chi connectivity index (χ3v) is 4.99. The van der Waals surface area contributed by atoms with Crippen LogP contribution in [0, 0.1) is 6.92 Å². The summed E-state index contributed by atoms with van der Waals surface area (Å²) in [5.41, 5.74) is 1.28. The van der Waals surface area contributed by atoms with Crippen molar-refractivity contribution in [3.63, 3.8) is 0 Å². The van der Waals surface area contributed by atoms with Gasteiger partial charge in [-0.15, -0.1) is 0 Å². The summed E-state index contributed by atoms with van der Waals surface area (Å²) in [7, 11) is 1.63. The van der Waals surface area contributed by atoms with Crippen LogP contribution in [-0.4, -0.2) is 42.6 Å². The van der Waals surface area contributed by atoms with E-state index < -0.39 is 5.54 Å². The average molecular weight is 382 g/mol. The van der Waals surface area contributed by atoms with Gasteiger partial charge >= 0.3 is 6.03 Å². The van der Waals surface area contributed by atoms with E-state index in [2.05, 4.69) is 5.32 Å². The van der Waals surface area contributed by atoms with Crippen LogP contribution < -0.4 is 14.8 Å². The van der Waals surface area contributed by atoms with Crippen LogP contribution in [0.25, 0.3) is 0 Å². The first-order chi connectivity index (χ1) is 13.4. The van der Waals surface area contributed by atoms with Gasteiger partial charge in [-0.25, -0.2) is 4.79 Å². The second kappa shape index (κ2) is 8.33. The van der Waals surface area contributed by atoms with E-state index in [9.17, 15) is 9.59 Å². The van der Waals surface area contributed by atoms with Gasteiger partial charge < -0.3 is 14.8 Å². The summed E-state index contributed by atoms with van der Waals surface area (Å²) in [4.78, 5) is 26.4. The molecule has 1 aliphatic heterocycles. The summed E-state index contributed by atoms with van der Waals surface area (Å²) in [5.74, 6) is 1.31. The molecule has 0 saturated carbocycles. The van der Waals surface area contributed by atoms with Crippen molar-refractivity contribution in [2.75, 3.05) is 20.3 Å². The fraction of sp³-hybridized carbons (Fsp3) is 0.364. The normalized spacial score (nSPS) is 18.9. The smallest absolute Gasteiger partial charge is 0.325 e. The van der Waals surface area contributed by atoms with Gasteiger partial charge in [0.1, 0.15) is 23.6 Å². The third-order valence-electron chi connectivity index (χ3n) is 4.99. The van der Waals surface area contributed by atoms with Crippen molar-refractivity contribution < 1.29 is 19.1 Å². The van der Waals surface area contributed by atoms with Crippen molar-refractivity contribution in [3.8, 4) is 11.5 Å². The highest BCUT2D eigenvalue weighted by Gasteiger charge is 2.47. The second-order valence-electron chi connectivity index (χ2n) is 7.23. The van der Waals surface area contributed by atoms with Gasteiger partial charge in [-0.1, -0.05) is 24.3 Å². The van der Waals surface area contributed by atoms with Crippen LogP contribution in [0.4, 0.5) is 4.79 Å². The Morgan fingerprint density at radius 2 is 1.82 bits per heavy atom. The minimum atomic E-state index is -0.902. The number of hydrogen-bond acceptors (Lipinski definition) is 4. The Kier molecular flexibility index (Phi) is 5.87. The molecule has 148 valence electrons. The molecule has 2 aromatic rings. The number of imide groups is 1. The predicted molar refractivity (Wildman–Crippen MR) is 107 cm³/mol. The molecule has 0 aliphatic carbocycles. The van der Waals surface area contributed by atoms with Crippen LogP contribution in [0.3, 0.4) is 0 Å². The van der Waals surface area contributed by atoms with E-state index >= 15 is 0 Å². The number of carbonyl (C=O) groups is 2.